The van der Waals surface area contributed by atoms with Crippen molar-refractivity contribution in [2.24, 2.45) is 0 Å². The summed E-state index contributed by atoms with van der Waals surface area (Å²) in [6, 6.07) is 13.2. The predicted octanol–water partition coefficient (Wildman–Crippen LogP) is 4.10. The van der Waals surface area contributed by atoms with E-state index in [1.165, 1.54) is 0 Å². The Balaban J connectivity index is 1.73. The van der Waals surface area contributed by atoms with Crippen molar-refractivity contribution in [2.75, 3.05) is 11.4 Å². The third kappa shape index (κ3) is 4.35. The highest BCUT2D eigenvalue weighted by Gasteiger charge is 2.45. The Bertz CT molecular complexity index is 1300. The highest BCUT2D eigenvalue weighted by Crippen LogP contribution is 2.36. The molecule has 0 radical (unpaired) electrons. The number of anilines is 1. The van der Waals surface area contributed by atoms with Crippen LogP contribution in [0.2, 0.25) is 5.02 Å². The summed E-state index contributed by atoms with van der Waals surface area (Å²) in [6.45, 7) is 3.69. The van der Waals surface area contributed by atoms with Crippen molar-refractivity contribution in [1.29, 1.82) is 0 Å². The maximum atomic E-state index is 13.5. The molecule has 1 saturated heterocycles. The Kier molecular flexibility index (Phi) is 6.20. The number of hydrogen-bond donors (Lipinski definition) is 1. The van der Waals surface area contributed by atoms with Gasteiger partial charge in [0.05, 0.1) is 26.9 Å². The Morgan fingerprint density at radius 1 is 1.21 bits per heavy atom. The molecule has 4 rings (SSSR count). The molecule has 10 heteroatoms. The van der Waals surface area contributed by atoms with E-state index in [2.05, 4.69) is 5.10 Å². The van der Waals surface area contributed by atoms with Crippen molar-refractivity contribution in [3.63, 3.8) is 0 Å². The second kappa shape index (κ2) is 8.79. The molecule has 174 valence electrons. The topological polar surface area (TPSA) is 92.5 Å². The van der Waals surface area contributed by atoms with Crippen LogP contribution in [0.25, 0.3) is 0 Å². The van der Waals surface area contributed by atoms with Crippen molar-refractivity contribution in [3.8, 4) is 0 Å². The molecule has 33 heavy (non-hydrogen) atoms. The van der Waals surface area contributed by atoms with E-state index >= 15 is 0 Å². The third-order valence-electron chi connectivity index (χ3n) is 5.97. The molecule has 0 amide bonds. The van der Waals surface area contributed by atoms with Gasteiger partial charge < -0.3 is 10.0 Å². The minimum atomic E-state index is -4.01. The molecule has 3 atom stereocenters. The average molecular weight is 492 g/mol. The fraction of sp³-hybridized carbons (Fsp3) is 0.304. The van der Waals surface area contributed by atoms with Crippen LogP contribution in [0.4, 0.5) is 10.2 Å². The van der Waals surface area contributed by atoms with E-state index in [-0.39, 0.29) is 28.9 Å². The molecule has 0 spiro atoms. The van der Waals surface area contributed by atoms with Crippen LogP contribution in [-0.4, -0.2) is 47.1 Å². The summed E-state index contributed by atoms with van der Waals surface area (Å²) in [7, 11) is -4.01. The molecule has 0 aliphatic carbocycles. The van der Waals surface area contributed by atoms with Crippen LogP contribution in [-0.2, 0) is 14.6 Å². The molecular formula is C23H23ClFN3O4S. The molecule has 0 saturated carbocycles. The first-order chi connectivity index (χ1) is 15.6. The van der Waals surface area contributed by atoms with Crippen LogP contribution in [0.15, 0.2) is 59.5 Å². The van der Waals surface area contributed by atoms with Gasteiger partial charge >= 0.3 is 5.97 Å². The minimum Gasteiger partial charge on any atom is -0.480 e. The number of halogens is 2. The number of carboxylic acids is 1. The zero-order chi connectivity index (χ0) is 23.9. The molecule has 1 aliphatic rings. The lowest BCUT2D eigenvalue weighted by atomic mass is 10.1. The lowest BCUT2D eigenvalue weighted by Crippen LogP contribution is -2.38. The van der Waals surface area contributed by atoms with E-state index < -0.39 is 32.9 Å². The average Bonchev–Trinajstić information content (AvgIpc) is 3.38. The van der Waals surface area contributed by atoms with Crippen molar-refractivity contribution in [1.82, 2.24) is 9.78 Å². The number of carboxylic acid groups (broad SMARTS) is 1. The highest BCUT2D eigenvalue weighted by atomic mass is 35.5. The van der Waals surface area contributed by atoms with Crippen LogP contribution in [0.1, 0.15) is 30.6 Å². The van der Waals surface area contributed by atoms with E-state index in [1.54, 1.807) is 22.6 Å². The lowest BCUT2D eigenvalue weighted by molar-refractivity contribution is -0.138. The van der Waals surface area contributed by atoms with Crippen LogP contribution >= 0.6 is 11.6 Å². The maximum absolute atomic E-state index is 13.5. The van der Waals surface area contributed by atoms with E-state index in [0.717, 1.165) is 23.8 Å². The van der Waals surface area contributed by atoms with Gasteiger partial charge in [-0.15, -0.1) is 0 Å². The fourth-order valence-electron chi connectivity index (χ4n) is 4.27. The molecule has 2 heterocycles. The van der Waals surface area contributed by atoms with Gasteiger partial charge in [0.1, 0.15) is 17.7 Å². The maximum Gasteiger partial charge on any atom is 0.326 e. The van der Waals surface area contributed by atoms with Crippen LogP contribution in [0.3, 0.4) is 0 Å². The number of benzene rings is 2. The van der Waals surface area contributed by atoms with Crippen molar-refractivity contribution < 1.29 is 22.7 Å². The Hall–Kier alpha value is -2.91. The fourth-order valence-corrected chi connectivity index (χ4v) is 6.50. The summed E-state index contributed by atoms with van der Waals surface area (Å²) >= 11 is 6.02. The SMILES string of the molecule is Cc1cc(N2C[C@H](S(=O)(=O)c3ccc(F)cc3Cl)C[C@H]2C(=O)O)n(C(C)c2ccccc2)n1. The zero-order valence-electron chi connectivity index (χ0n) is 18.0. The summed E-state index contributed by atoms with van der Waals surface area (Å²) in [5.41, 5.74) is 1.67. The largest absolute Gasteiger partial charge is 0.480 e. The van der Waals surface area contributed by atoms with Crippen molar-refractivity contribution in [2.45, 2.75) is 42.5 Å². The summed E-state index contributed by atoms with van der Waals surface area (Å²) in [5.74, 6) is -1.25. The normalized spacial score (nSPS) is 19.6. The van der Waals surface area contributed by atoms with Crippen LogP contribution in [0.5, 0.6) is 0 Å². The molecule has 1 unspecified atom stereocenters. The van der Waals surface area contributed by atoms with Gasteiger partial charge in [0.15, 0.2) is 9.84 Å². The molecular weight excluding hydrogens is 469 g/mol. The standard InChI is InChI=1S/C23H23ClFN3O4S/c1-14-10-22(28(26-14)15(2)16-6-4-3-5-7-16)27-13-18(12-20(27)23(29)30)33(31,32)21-9-8-17(25)11-19(21)24/h3-11,15,18,20H,12-13H2,1-2H3,(H,29,30)/t15?,18-,20+/m1/s1. The number of sulfone groups is 1. The third-order valence-corrected chi connectivity index (χ3v) is 8.58. The number of nitrogens with zero attached hydrogens (tertiary/aromatic N) is 3. The second-order valence-corrected chi connectivity index (χ2v) is 10.8. The Morgan fingerprint density at radius 2 is 1.91 bits per heavy atom. The summed E-state index contributed by atoms with van der Waals surface area (Å²) in [4.78, 5) is 13.5. The predicted molar refractivity (Wildman–Crippen MR) is 123 cm³/mol. The number of aromatic nitrogens is 2. The number of aryl methyl sites for hydroxylation is 1. The van der Waals surface area contributed by atoms with E-state index in [1.807, 2.05) is 37.3 Å². The van der Waals surface area contributed by atoms with Gasteiger partial charge in [0.2, 0.25) is 0 Å². The number of aliphatic carboxylic acids is 1. The van der Waals surface area contributed by atoms with Crippen molar-refractivity contribution in [3.05, 3.63) is 76.7 Å². The minimum absolute atomic E-state index is 0.0559. The van der Waals surface area contributed by atoms with Gasteiger partial charge in [-0.2, -0.15) is 5.10 Å². The van der Waals surface area contributed by atoms with Gasteiger partial charge in [-0.3, -0.25) is 0 Å². The van der Waals surface area contributed by atoms with E-state index in [9.17, 15) is 22.7 Å². The summed E-state index contributed by atoms with van der Waals surface area (Å²) < 4.78 is 41.8. The first kappa shape index (κ1) is 23.3. The van der Waals surface area contributed by atoms with Gasteiger partial charge in [0.25, 0.3) is 0 Å². The van der Waals surface area contributed by atoms with Crippen LogP contribution < -0.4 is 4.90 Å². The smallest absolute Gasteiger partial charge is 0.326 e. The van der Waals surface area contributed by atoms with E-state index in [0.29, 0.717) is 11.5 Å². The van der Waals surface area contributed by atoms with Gasteiger partial charge in [0, 0.05) is 12.6 Å². The number of rotatable bonds is 6. The lowest BCUT2D eigenvalue weighted by Gasteiger charge is -2.26. The summed E-state index contributed by atoms with van der Waals surface area (Å²) in [6.07, 6.45) is -0.130. The van der Waals surface area contributed by atoms with Crippen molar-refractivity contribution >= 4 is 33.2 Å². The number of hydrogen-bond acceptors (Lipinski definition) is 5. The number of carbonyl (C=O) groups is 1. The first-order valence-corrected chi connectivity index (χ1v) is 12.3. The molecule has 3 aromatic rings. The molecule has 7 nitrogen and oxygen atoms in total. The monoisotopic (exact) mass is 491 g/mol. The second-order valence-electron chi connectivity index (χ2n) is 8.16. The molecule has 1 aliphatic heterocycles. The van der Waals surface area contributed by atoms with Gasteiger partial charge in [-0.05, 0) is 44.0 Å². The molecule has 1 N–H and O–H groups in total. The Morgan fingerprint density at radius 3 is 2.55 bits per heavy atom. The van der Waals surface area contributed by atoms with Gasteiger partial charge in [-0.1, -0.05) is 41.9 Å². The van der Waals surface area contributed by atoms with Gasteiger partial charge in [-0.25, -0.2) is 22.3 Å². The Labute approximate surface area is 196 Å². The highest BCUT2D eigenvalue weighted by molar-refractivity contribution is 7.92. The molecule has 1 fully saturated rings. The van der Waals surface area contributed by atoms with E-state index in [4.69, 9.17) is 11.6 Å². The molecule has 1 aromatic heterocycles. The molecule has 2 aromatic carbocycles. The zero-order valence-corrected chi connectivity index (χ0v) is 19.6. The molecule has 0 bridgehead atoms. The first-order valence-electron chi connectivity index (χ1n) is 10.4. The quantitative estimate of drug-likeness (QED) is 0.522. The van der Waals surface area contributed by atoms with Crippen LogP contribution in [0, 0.1) is 12.7 Å². The summed E-state index contributed by atoms with van der Waals surface area (Å²) in [5, 5.41) is 13.2.